The number of hydrogen-bond donors (Lipinski definition) is 1. The summed E-state index contributed by atoms with van der Waals surface area (Å²) in [6.45, 7) is 9.90. The van der Waals surface area contributed by atoms with Gasteiger partial charge in [-0.05, 0) is 49.9 Å². The van der Waals surface area contributed by atoms with Crippen LogP contribution in [0.3, 0.4) is 0 Å². The van der Waals surface area contributed by atoms with Crippen molar-refractivity contribution in [3.8, 4) is 0 Å². The quantitative estimate of drug-likeness (QED) is 0.794. The van der Waals surface area contributed by atoms with Crippen molar-refractivity contribution in [1.82, 2.24) is 10.3 Å². The van der Waals surface area contributed by atoms with Crippen LogP contribution in [0.25, 0.3) is 0 Å². The Hall–Kier alpha value is -0.890. The maximum absolute atomic E-state index is 4.48. The molecule has 0 radical (unpaired) electrons. The lowest BCUT2D eigenvalue weighted by molar-refractivity contribution is 0.423. The van der Waals surface area contributed by atoms with Gasteiger partial charge < -0.3 is 5.32 Å². The highest BCUT2D eigenvalue weighted by atomic mass is 14.9. The molecular weight excluding hydrogens is 196 g/mol. The summed E-state index contributed by atoms with van der Waals surface area (Å²) >= 11 is 0. The van der Waals surface area contributed by atoms with Gasteiger partial charge in [-0.25, -0.2) is 0 Å². The zero-order chi connectivity index (χ0) is 12.0. The molecule has 1 atom stereocenters. The van der Waals surface area contributed by atoms with Crippen LogP contribution in [0.4, 0.5) is 0 Å². The molecule has 0 bridgehead atoms. The van der Waals surface area contributed by atoms with Crippen LogP contribution in [0.15, 0.2) is 18.3 Å². The molecule has 1 aromatic heterocycles. The Morgan fingerprint density at radius 1 is 1.38 bits per heavy atom. The van der Waals surface area contributed by atoms with E-state index in [-0.39, 0.29) is 0 Å². The minimum atomic E-state index is 0.403. The van der Waals surface area contributed by atoms with Crippen LogP contribution in [0.2, 0.25) is 0 Å². The van der Waals surface area contributed by atoms with Crippen molar-refractivity contribution in [2.75, 3.05) is 6.54 Å². The first-order valence-corrected chi connectivity index (χ1v) is 6.29. The monoisotopic (exact) mass is 220 g/mol. The van der Waals surface area contributed by atoms with E-state index in [1.54, 1.807) is 0 Å². The van der Waals surface area contributed by atoms with E-state index in [1.165, 1.54) is 17.7 Å². The van der Waals surface area contributed by atoms with Crippen molar-refractivity contribution >= 4 is 0 Å². The van der Waals surface area contributed by atoms with Gasteiger partial charge in [0, 0.05) is 12.2 Å². The van der Waals surface area contributed by atoms with E-state index in [0.29, 0.717) is 12.0 Å². The number of pyridine rings is 1. The third-order valence-corrected chi connectivity index (χ3v) is 2.64. The minimum absolute atomic E-state index is 0.403. The number of nitrogens with zero attached hydrogens (tertiary/aromatic N) is 1. The Kier molecular flexibility index (Phi) is 5.47. The molecule has 0 aliphatic carbocycles. The Morgan fingerprint density at radius 3 is 2.69 bits per heavy atom. The van der Waals surface area contributed by atoms with E-state index in [1.807, 2.05) is 6.20 Å². The Balaban J connectivity index is 2.74. The van der Waals surface area contributed by atoms with Gasteiger partial charge in [-0.2, -0.15) is 0 Å². The average Bonchev–Trinajstić information content (AvgIpc) is 2.23. The SMILES string of the molecule is CCCNC(CC(C)C)c1cc(C)ccn1. The number of nitrogens with one attached hydrogen (secondary N) is 1. The van der Waals surface area contributed by atoms with Gasteiger partial charge in [0.1, 0.15) is 0 Å². The molecule has 0 aliphatic rings. The fraction of sp³-hybridized carbons (Fsp3) is 0.643. The van der Waals surface area contributed by atoms with Gasteiger partial charge in [0.05, 0.1) is 5.69 Å². The van der Waals surface area contributed by atoms with Crippen molar-refractivity contribution in [3.05, 3.63) is 29.6 Å². The van der Waals surface area contributed by atoms with Crippen LogP contribution < -0.4 is 5.32 Å². The first-order chi connectivity index (χ1) is 7.63. The summed E-state index contributed by atoms with van der Waals surface area (Å²) in [7, 11) is 0. The van der Waals surface area contributed by atoms with E-state index in [4.69, 9.17) is 0 Å². The maximum Gasteiger partial charge on any atom is 0.0575 e. The Labute approximate surface area is 99.5 Å². The lowest BCUT2D eigenvalue weighted by atomic mass is 10.00. The third-order valence-electron chi connectivity index (χ3n) is 2.64. The van der Waals surface area contributed by atoms with Gasteiger partial charge in [0.25, 0.3) is 0 Å². The molecule has 1 N–H and O–H groups in total. The van der Waals surface area contributed by atoms with Gasteiger partial charge in [-0.1, -0.05) is 20.8 Å². The van der Waals surface area contributed by atoms with Crippen LogP contribution in [0.5, 0.6) is 0 Å². The lowest BCUT2D eigenvalue weighted by Gasteiger charge is -2.20. The maximum atomic E-state index is 4.48. The molecule has 2 heteroatoms. The lowest BCUT2D eigenvalue weighted by Crippen LogP contribution is -2.24. The highest BCUT2D eigenvalue weighted by Gasteiger charge is 2.13. The van der Waals surface area contributed by atoms with Crippen molar-refractivity contribution in [2.45, 2.75) is 46.6 Å². The van der Waals surface area contributed by atoms with E-state index in [2.05, 4.69) is 50.1 Å². The second kappa shape index (κ2) is 6.64. The van der Waals surface area contributed by atoms with E-state index in [0.717, 1.165) is 13.0 Å². The third kappa shape index (κ3) is 4.31. The van der Waals surface area contributed by atoms with Crippen LogP contribution in [0, 0.1) is 12.8 Å². The molecule has 1 aromatic rings. The molecule has 1 rings (SSSR count). The van der Waals surface area contributed by atoms with Gasteiger partial charge in [-0.15, -0.1) is 0 Å². The summed E-state index contributed by atoms with van der Waals surface area (Å²) in [5.74, 6) is 0.691. The second-order valence-electron chi connectivity index (χ2n) is 4.89. The summed E-state index contributed by atoms with van der Waals surface area (Å²) in [6, 6.07) is 4.64. The molecule has 0 aliphatic heterocycles. The van der Waals surface area contributed by atoms with Crippen molar-refractivity contribution in [3.63, 3.8) is 0 Å². The molecule has 0 saturated heterocycles. The van der Waals surface area contributed by atoms with Crippen molar-refractivity contribution < 1.29 is 0 Å². The zero-order valence-electron chi connectivity index (χ0n) is 11.0. The van der Waals surface area contributed by atoms with Gasteiger partial charge in [-0.3, -0.25) is 4.98 Å². The van der Waals surface area contributed by atoms with Gasteiger partial charge in [0.15, 0.2) is 0 Å². The Morgan fingerprint density at radius 2 is 2.12 bits per heavy atom. The number of aromatic nitrogens is 1. The predicted molar refractivity (Wildman–Crippen MR) is 69.5 cm³/mol. The fourth-order valence-electron chi connectivity index (χ4n) is 1.85. The molecule has 0 fully saturated rings. The van der Waals surface area contributed by atoms with Gasteiger partial charge >= 0.3 is 0 Å². The van der Waals surface area contributed by atoms with Crippen LogP contribution in [-0.4, -0.2) is 11.5 Å². The summed E-state index contributed by atoms with van der Waals surface area (Å²) in [5, 5.41) is 3.58. The first-order valence-electron chi connectivity index (χ1n) is 6.29. The highest BCUT2D eigenvalue weighted by Crippen LogP contribution is 2.20. The standard InChI is InChI=1S/C14H24N2/c1-5-7-15-13(9-11(2)3)14-10-12(4)6-8-16-14/h6,8,10-11,13,15H,5,7,9H2,1-4H3. The summed E-state index contributed by atoms with van der Waals surface area (Å²) in [5.41, 5.74) is 2.47. The molecule has 1 unspecified atom stereocenters. The number of rotatable bonds is 6. The highest BCUT2D eigenvalue weighted by molar-refractivity contribution is 5.17. The smallest absolute Gasteiger partial charge is 0.0575 e. The van der Waals surface area contributed by atoms with Crippen LogP contribution >= 0.6 is 0 Å². The predicted octanol–water partition coefficient (Wildman–Crippen LogP) is 3.48. The zero-order valence-corrected chi connectivity index (χ0v) is 11.0. The summed E-state index contributed by atoms with van der Waals surface area (Å²) in [4.78, 5) is 4.48. The van der Waals surface area contributed by atoms with Crippen molar-refractivity contribution in [1.29, 1.82) is 0 Å². The molecule has 16 heavy (non-hydrogen) atoms. The molecule has 90 valence electrons. The van der Waals surface area contributed by atoms with E-state index < -0.39 is 0 Å². The van der Waals surface area contributed by atoms with E-state index >= 15 is 0 Å². The molecule has 1 heterocycles. The molecule has 0 saturated carbocycles. The largest absolute Gasteiger partial charge is 0.309 e. The Bertz CT molecular complexity index is 307. The fourth-order valence-corrected chi connectivity index (χ4v) is 1.85. The van der Waals surface area contributed by atoms with Gasteiger partial charge in [0.2, 0.25) is 0 Å². The molecular formula is C14H24N2. The molecule has 0 spiro atoms. The minimum Gasteiger partial charge on any atom is -0.309 e. The number of aryl methyl sites for hydroxylation is 1. The normalized spacial score (nSPS) is 13.1. The molecule has 0 amide bonds. The van der Waals surface area contributed by atoms with Crippen LogP contribution in [-0.2, 0) is 0 Å². The topological polar surface area (TPSA) is 24.9 Å². The molecule has 0 aromatic carbocycles. The molecule has 2 nitrogen and oxygen atoms in total. The summed E-state index contributed by atoms with van der Waals surface area (Å²) < 4.78 is 0. The van der Waals surface area contributed by atoms with Crippen molar-refractivity contribution in [2.24, 2.45) is 5.92 Å². The average molecular weight is 220 g/mol. The van der Waals surface area contributed by atoms with E-state index in [9.17, 15) is 0 Å². The summed E-state index contributed by atoms with van der Waals surface area (Å²) in [6.07, 6.45) is 4.22. The first kappa shape index (κ1) is 13.2. The van der Waals surface area contributed by atoms with Crippen LogP contribution in [0.1, 0.15) is 50.9 Å². The number of hydrogen-bond acceptors (Lipinski definition) is 2. The second-order valence-corrected chi connectivity index (χ2v) is 4.89.